The van der Waals surface area contributed by atoms with Crippen LogP contribution in [-0.2, 0) is 0 Å². The van der Waals surface area contributed by atoms with E-state index in [9.17, 15) is 0 Å². The second kappa shape index (κ2) is 4.20. The SMILES string of the molecule is CC1(C)CCCN(c2ncnc(N)c2Br)C1. The van der Waals surface area contributed by atoms with Gasteiger partial charge in [0, 0.05) is 13.1 Å². The van der Waals surface area contributed by atoms with Gasteiger partial charge in [-0.1, -0.05) is 13.8 Å². The predicted molar refractivity (Wildman–Crippen MR) is 69.4 cm³/mol. The van der Waals surface area contributed by atoms with E-state index in [1.165, 1.54) is 19.2 Å². The fourth-order valence-corrected chi connectivity index (χ4v) is 2.65. The number of hydrogen-bond acceptors (Lipinski definition) is 4. The quantitative estimate of drug-likeness (QED) is 0.861. The van der Waals surface area contributed by atoms with Crippen molar-refractivity contribution >= 4 is 27.6 Å². The van der Waals surface area contributed by atoms with E-state index in [4.69, 9.17) is 5.73 Å². The molecule has 4 nitrogen and oxygen atoms in total. The number of halogens is 1. The van der Waals surface area contributed by atoms with Gasteiger partial charge in [0.1, 0.15) is 22.4 Å². The van der Waals surface area contributed by atoms with E-state index in [1.54, 1.807) is 0 Å². The van der Waals surface area contributed by atoms with Crippen molar-refractivity contribution in [2.45, 2.75) is 26.7 Å². The average molecular weight is 285 g/mol. The number of anilines is 2. The number of aromatic nitrogens is 2. The highest BCUT2D eigenvalue weighted by Crippen LogP contribution is 2.34. The van der Waals surface area contributed by atoms with Crippen molar-refractivity contribution in [2.75, 3.05) is 23.7 Å². The smallest absolute Gasteiger partial charge is 0.148 e. The van der Waals surface area contributed by atoms with E-state index in [0.717, 1.165) is 23.4 Å². The van der Waals surface area contributed by atoms with Crippen LogP contribution in [-0.4, -0.2) is 23.1 Å². The molecule has 0 amide bonds. The van der Waals surface area contributed by atoms with E-state index >= 15 is 0 Å². The summed E-state index contributed by atoms with van der Waals surface area (Å²) in [5, 5.41) is 0. The van der Waals surface area contributed by atoms with Gasteiger partial charge in [-0.2, -0.15) is 0 Å². The van der Waals surface area contributed by atoms with Crippen molar-refractivity contribution < 1.29 is 0 Å². The zero-order valence-electron chi connectivity index (χ0n) is 9.70. The second-order valence-electron chi connectivity index (χ2n) is 5.09. The number of piperidine rings is 1. The summed E-state index contributed by atoms with van der Waals surface area (Å²) in [5.74, 6) is 1.42. The Labute approximate surface area is 104 Å². The Balaban J connectivity index is 2.27. The van der Waals surface area contributed by atoms with Crippen LogP contribution >= 0.6 is 15.9 Å². The second-order valence-corrected chi connectivity index (χ2v) is 5.88. The number of nitrogen functional groups attached to an aromatic ring is 1. The third-order valence-corrected chi connectivity index (χ3v) is 3.76. The summed E-state index contributed by atoms with van der Waals surface area (Å²) in [6.45, 7) is 6.63. The van der Waals surface area contributed by atoms with Gasteiger partial charge in [0.2, 0.25) is 0 Å². The topological polar surface area (TPSA) is 55.0 Å². The summed E-state index contributed by atoms with van der Waals surface area (Å²) in [4.78, 5) is 10.6. The zero-order valence-corrected chi connectivity index (χ0v) is 11.3. The third-order valence-electron chi connectivity index (χ3n) is 3.00. The lowest BCUT2D eigenvalue weighted by atomic mass is 9.84. The summed E-state index contributed by atoms with van der Waals surface area (Å²) >= 11 is 3.46. The summed E-state index contributed by atoms with van der Waals surface area (Å²) in [5.41, 5.74) is 6.11. The zero-order chi connectivity index (χ0) is 11.8. The molecular formula is C11H17BrN4. The molecule has 16 heavy (non-hydrogen) atoms. The van der Waals surface area contributed by atoms with Crippen molar-refractivity contribution in [3.8, 4) is 0 Å². The van der Waals surface area contributed by atoms with Crippen LogP contribution in [0.5, 0.6) is 0 Å². The molecule has 0 unspecified atom stereocenters. The van der Waals surface area contributed by atoms with E-state index < -0.39 is 0 Å². The highest BCUT2D eigenvalue weighted by molar-refractivity contribution is 9.10. The lowest BCUT2D eigenvalue weighted by Gasteiger charge is -2.39. The molecule has 0 spiro atoms. The van der Waals surface area contributed by atoms with Crippen LogP contribution < -0.4 is 10.6 Å². The van der Waals surface area contributed by atoms with Gasteiger partial charge in [-0.3, -0.25) is 0 Å². The van der Waals surface area contributed by atoms with Gasteiger partial charge in [-0.25, -0.2) is 9.97 Å². The predicted octanol–water partition coefficient (Wildman–Crippen LogP) is 2.45. The standard InChI is InChI=1S/C11H17BrN4/c1-11(2)4-3-5-16(6-11)10-8(12)9(13)14-7-15-10/h7H,3-6H2,1-2H3,(H2,13,14,15). The summed E-state index contributed by atoms with van der Waals surface area (Å²) in [7, 11) is 0. The Hall–Kier alpha value is -0.840. The third kappa shape index (κ3) is 2.29. The van der Waals surface area contributed by atoms with Gasteiger partial charge in [-0.15, -0.1) is 0 Å². The molecule has 2 rings (SSSR count). The Morgan fingerprint density at radius 1 is 1.44 bits per heavy atom. The number of nitrogens with zero attached hydrogens (tertiary/aromatic N) is 3. The lowest BCUT2D eigenvalue weighted by Crippen LogP contribution is -2.40. The van der Waals surface area contributed by atoms with Gasteiger partial charge in [0.15, 0.2) is 0 Å². The molecule has 0 bridgehead atoms. The fraction of sp³-hybridized carbons (Fsp3) is 0.636. The maximum Gasteiger partial charge on any atom is 0.148 e. The van der Waals surface area contributed by atoms with Gasteiger partial charge >= 0.3 is 0 Å². The molecule has 0 aliphatic carbocycles. The summed E-state index contributed by atoms with van der Waals surface area (Å²) in [6, 6.07) is 0. The minimum Gasteiger partial charge on any atom is -0.383 e. The van der Waals surface area contributed by atoms with Gasteiger partial charge < -0.3 is 10.6 Å². The molecule has 88 valence electrons. The minimum absolute atomic E-state index is 0.345. The molecule has 1 aliphatic heterocycles. The largest absolute Gasteiger partial charge is 0.383 e. The number of hydrogen-bond donors (Lipinski definition) is 1. The molecule has 0 atom stereocenters. The van der Waals surface area contributed by atoms with Crippen molar-refractivity contribution in [2.24, 2.45) is 5.41 Å². The van der Waals surface area contributed by atoms with Crippen LogP contribution in [0.15, 0.2) is 10.8 Å². The summed E-state index contributed by atoms with van der Waals surface area (Å²) in [6.07, 6.45) is 3.99. The van der Waals surface area contributed by atoms with Crippen molar-refractivity contribution in [3.05, 3.63) is 10.8 Å². The first-order valence-corrected chi connectivity index (χ1v) is 6.30. The van der Waals surface area contributed by atoms with Crippen molar-refractivity contribution in [1.82, 2.24) is 9.97 Å². The molecule has 0 aromatic carbocycles. The highest BCUT2D eigenvalue weighted by Gasteiger charge is 2.28. The van der Waals surface area contributed by atoms with Crippen LogP contribution in [0.4, 0.5) is 11.6 Å². The van der Waals surface area contributed by atoms with E-state index in [2.05, 4.69) is 44.6 Å². The van der Waals surface area contributed by atoms with Crippen LogP contribution in [0.2, 0.25) is 0 Å². The van der Waals surface area contributed by atoms with E-state index in [-0.39, 0.29) is 0 Å². The lowest BCUT2D eigenvalue weighted by molar-refractivity contribution is 0.292. The molecule has 1 aliphatic rings. The molecule has 2 heterocycles. The molecule has 1 saturated heterocycles. The van der Waals surface area contributed by atoms with Crippen molar-refractivity contribution in [3.63, 3.8) is 0 Å². The molecular weight excluding hydrogens is 268 g/mol. The molecule has 2 N–H and O–H groups in total. The van der Waals surface area contributed by atoms with Gasteiger partial charge in [0.05, 0.1) is 0 Å². The Morgan fingerprint density at radius 3 is 2.88 bits per heavy atom. The first-order valence-electron chi connectivity index (χ1n) is 5.50. The van der Waals surface area contributed by atoms with Crippen LogP contribution in [0.3, 0.4) is 0 Å². The normalized spacial score (nSPS) is 19.8. The maximum atomic E-state index is 5.77. The Bertz CT molecular complexity index is 392. The molecule has 1 aromatic heterocycles. The monoisotopic (exact) mass is 284 g/mol. The first kappa shape index (κ1) is 11.6. The van der Waals surface area contributed by atoms with E-state index in [1.807, 2.05) is 0 Å². The average Bonchev–Trinajstić information content (AvgIpc) is 2.20. The van der Waals surface area contributed by atoms with Crippen LogP contribution in [0, 0.1) is 5.41 Å². The number of rotatable bonds is 1. The van der Waals surface area contributed by atoms with Crippen LogP contribution in [0.1, 0.15) is 26.7 Å². The molecule has 1 fully saturated rings. The maximum absolute atomic E-state index is 5.77. The minimum atomic E-state index is 0.345. The number of nitrogens with two attached hydrogens (primary N) is 1. The Morgan fingerprint density at radius 2 is 2.19 bits per heavy atom. The van der Waals surface area contributed by atoms with Gasteiger partial charge in [0.25, 0.3) is 0 Å². The van der Waals surface area contributed by atoms with Gasteiger partial charge in [-0.05, 0) is 34.2 Å². The summed E-state index contributed by atoms with van der Waals surface area (Å²) < 4.78 is 0.813. The highest BCUT2D eigenvalue weighted by atomic mass is 79.9. The van der Waals surface area contributed by atoms with Crippen LogP contribution in [0.25, 0.3) is 0 Å². The molecule has 1 aromatic rings. The fourth-order valence-electron chi connectivity index (χ4n) is 2.20. The Kier molecular flexibility index (Phi) is 3.06. The van der Waals surface area contributed by atoms with E-state index in [0.29, 0.717) is 11.2 Å². The molecule has 5 heteroatoms. The molecule has 0 radical (unpaired) electrons. The van der Waals surface area contributed by atoms with Crippen molar-refractivity contribution in [1.29, 1.82) is 0 Å². The molecule has 0 saturated carbocycles. The first-order chi connectivity index (χ1) is 7.49.